The first-order valence-electron chi connectivity index (χ1n) is 2.13. The first kappa shape index (κ1) is 8.10. The molecular weight excluding hydrogens is 244 g/mol. The zero-order valence-electron chi connectivity index (χ0n) is 4.40. The molecule has 6 heteroatoms. The topological polar surface area (TPSA) is 30.0 Å². The molecule has 2 nitrogen and oxygen atoms in total. The Morgan fingerprint density at radius 1 is 1.80 bits per heavy atom. The molecule has 0 amide bonds. The molecule has 0 aliphatic rings. The van der Waals surface area contributed by atoms with Gasteiger partial charge in [-0.2, -0.15) is 4.39 Å². The average Bonchev–Trinajstić information content (AvgIpc) is 2.10. The third-order valence-corrected chi connectivity index (χ3v) is 2.52. The van der Waals surface area contributed by atoms with Crippen molar-refractivity contribution < 1.29 is 9.18 Å². The molecule has 0 aliphatic heterocycles. The molecule has 0 radical (unpaired) electrons. The minimum Gasteiger partial charge on any atom is -0.274 e. The Hall–Kier alpha value is -0.000000000000000111. The van der Waals surface area contributed by atoms with Crippen molar-refractivity contribution in [1.29, 1.82) is 0 Å². The molecule has 0 saturated carbocycles. The summed E-state index contributed by atoms with van der Waals surface area (Å²) in [5.41, 5.74) is 0. The number of aromatic nitrogens is 1. The Morgan fingerprint density at radius 2 is 2.40 bits per heavy atom. The second-order valence-electron chi connectivity index (χ2n) is 1.36. The van der Waals surface area contributed by atoms with Gasteiger partial charge in [-0.25, -0.2) is 4.98 Å². The van der Waals surface area contributed by atoms with Crippen molar-refractivity contribution in [3.63, 3.8) is 0 Å². The van der Waals surface area contributed by atoms with Gasteiger partial charge in [-0.1, -0.05) is 11.3 Å². The summed E-state index contributed by atoms with van der Waals surface area (Å²) in [5.74, 6) is -0.822. The second-order valence-corrected chi connectivity index (χ2v) is 3.98. The number of carbonyl (C=O) groups is 1. The van der Waals surface area contributed by atoms with Gasteiger partial charge < -0.3 is 0 Å². The molecule has 1 rings (SSSR count). The molecule has 0 aromatic carbocycles. The average molecular weight is 244 g/mol. The molecule has 0 atom stereocenters. The summed E-state index contributed by atoms with van der Waals surface area (Å²) in [6, 6.07) is 0. The van der Waals surface area contributed by atoms with E-state index in [2.05, 4.69) is 20.9 Å². The molecule has 0 spiro atoms. The van der Waals surface area contributed by atoms with E-state index >= 15 is 0 Å². The largest absolute Gasteiger partial charge is 0.274 e. The Kier molecular flexibility index (Phi) is 2.38. The zero-order chi connectivity index (χ0) is 7.72. The molecule has 0 aliphatic carbocycles. The Labute approximate surface area is 73.2 Å². The predicted octanol–water partition coefficient (Wildman–Crippen LogP) is 2.42. The van der Waals surface area contributed by atoms with Crippen LogP contribution in [-0.4, -0.2) is 10.2 Å². The predicted molar refractivity (Wildman–Crippen MR) is 40.0 cm³/mol. The van der Waals surface area contributed by atoms with Crippen LogP contribution in [0, 0.1) is 5.95 Å². The van der Waals surface area contributed by atoms with Crippen LogP contribution >= 0.6 is 38.9 Å². The monoisotopic (exact) mass is 243 g/mol. The van der Waals surface area contributed by atoms with E-state index in [1.54, 1.807) is 0 Å². The van der Waals surface area contributed by atoms with Gasteiger partial charge in [-0.15, -0.1) is 0 Å². The van der Waals surface area contributed by atoms with Gasteiger partial charge in [-0.3, -0.25) is 4.79 Å². The van der Waals surface area contributed by atoms with Crippen molar-refractivity contribution >= 4 is 44.1 Å². The van der Waals surface area contributed by atoms with E-state index in [-0.39, 0.29) is 4.88 Å². The van der Waals surface area contributed by atoms with Crippen LogP contribution in [0.15, 0.2) is 3.92 Å². The Balaban J connectivity index is 3.15. The summed E-state index contributed by atoms with van der Waals surface area (Å²) >= 11 is 8.77. The summed E-state index contributed by atoms with van der Waals surface area (Å²) < 4.78 is 12.7. The zero-order valence-corrected chi connectivity index (χ0v) is 7.56. The van der Waals surface area contributed by atoms with Gasteiger partial charge in [0, 0.05) is 0 Å². The van der Waals surface area contributed by atoms with E-state index in [1.165, 1.54) is 0 Å². The van der Waals surface area contributed by atoms with Gasteiger partial charge in [0.2, 0.25) is 5.95 Å². The van der Waals surface area contributed by atoms with Crippen molar-refractivity contribution in [1.82, 2.24) is 4.98 Å². The van der Waals surface area contributed by atoms with Crippen molar-refractivity contribution in [2.24, 2.45) is 0 Å². The van der Waals surface area contributed by atoms with Gasteiger partial charge in [-0.05, 0) is 27.5 Å². The van der Waals surface area contributed by atoms with Crippen LogP contribution in [0.4, 0.5) is 4.39 Å². The molecule has 0 N–H and O–H groups in total. The van der Waals surface area contributed by atoms with E-state index in [0.717, 1.165) is 11.3 Å². The lowest BCUT2D eigenvalue weighted by Crippen LogP contribution is -1.87. The number of halogens is 3. The van der Waals surface area contributed by atoms with E-state index in [4.69, 9.17) is 11.6 Å². The minimum absolute atomic E-state index is 0.159. The highest BCUT2D eigenvalue weighted by atomic mass is 79.9. The molecule has 0 unspecified atom stereocenters. The first-order valence-corrected chi connectivity index (χ1v) is 4.11. The second kappa shape index (κ2) is 2.94. The van der Waals surface area contributed by atoms with E-state index < -0.39 is 11.2 Å². The third-order valence-electron chi connectivity index (χ3n) is 0.738. The van der Waals surface area contributed by atoms with Gasteiger partial charge in [0.25, 0.3) is 5.24 Å². The molecule has 0 fully saturated rings. The highest BCUT2D eigenvalue weighted by Gasteiger charge is 2.14. The highest BCUT2D eigenvalue weighted by Crippen LogP contribution is 2.23. The van der Waals surface area contributed by atoms with Crippen molar-refractivity contribution in [2.75, 3.05) is 0 Å². The van der Waals surface area contributed by atoms with Crippen molar-refractivity contribution in [3.05, 3.63) is 14.7 Å². The van der Waals surface area contributed by atoms with Crippen LogP contribution in [0.25, 0.3) is 0 Å². The number of hydrogen-bond acceptors (Lipinski definition) is 3. The number of nitrogens with zero attached hydrogens (tertiary/aromatic N) is 1. The summed E-state index contributed by atoms with van der Waals surface area (Å²) in [6.07, 6.45) is 0. The molecule has 54 valence electrons. The Morgan fingerprint density at radius 3 is 2.60 bits per heavy atom. The van der Waals surface area contributed by atoms with Gasteiger partial charge in [0.1, 0.15) is 4.88 Å². The van der Waals surface area contributed by atoms with E-state index in [1.807, 2.05) is 0 Å². The van der Waals surface area contributed by atoms with Gasteiger partial charge in [0.05, 0.1) is 0 Å². The molecule has 0 saturated heterocycles. The molecular formula is C4BrClFNOS. The molecule has 0 bridgehead atoms. The molecule has 1 aromatic heterocycles. The lowest BCUT2D eigenvalue weighted by atomic mass is 10.6. The van der Waals surface area contributed by atoms with Gasteiger partial charge >= 0.3 is 0 Å². The molecule has 1 aromatic rings. The maximum Gasteiger partial charge on any atom is 0.267 e. The maximum atomic E-state index is 12.4. The normalized spacial score (nSPS) is 9.90. The SMILES string of the molecule is O=C(Cl)c1sc(Br)nc1F. The fourth-order valence-electron chi connectivity index (χ4n) is 0.398. The van der Waals surface area contributed by atoms with Crippen LogP contribution in [0.2, 0.25) is 0 Å². The highest BCUT2D eigenvalue weighted by molar-refractivity contribution is 9.11. The van der Waals surface area contributed by atoms with Crippen molar-refractivity contribution in [2.45, 2.75) is 0 Å². The summed E-state index contributed by atoms with van der Waals surface area (Å²) in [7, 11) is 0. The lowest BCUT2D eigenvalue weighted by molar-refractivity contribution is 0.108. The first-order chi connectivity index (χ1) is 4.61. The minimum atomic E-state index is -0.822. The smallest absolute Gasteiger partial charge is 0.267 e. The van der Waals surface area contributed by atoms with Crippen LogP contribution < -0.4 is 0 Å². The summed E-state index contributed by atoms with van der Waals surface area (Å²) in [5, 5.41) is -0.819. The van der Waals surface area contributed by atoms with Crippen LogP contribution in [0.5, 0.6) is 0 Å². The molecule has 1 heterocycles. The number of carbonyl (C=O) groups excluding carboxylic acids is 1. The fraction of sp³-hybridized carbons (Fsp3) is 0. The molecule has 10 heavy (non-hydrogen) atoms. The fourth-order valence-corrected chi connectivity index (χ4v) is 1.74. The van der Waals surface area contributed by atoms with Crippen LogP contribution in [-0.2, 0) is 0 Å². The maximum absolute atomic E-state index is 12.4. The quantitative estimate of drug-likeness (QED) is 0.710. The van der Waals surface area contributed by atoms with Gasteiger partial charge in [0.15, 0.2) is 3.92 Å². The summed E-state index contributed by atoms with van der Waals surface area (Å²) in [4.78, 5) is 13.5. The van der Waals surface area contributed by atoms with Crippen LogP contribution in [0.3, 0.4) is 0 Å². The number of hydrogen-bond donors (Lipinski definition) is 0. The number of thiazole rings is 1. The third kappa shape index (κ3) is 1.53. The Bertz CT molecular complexity index is 276. The van der Waals surface area contributed by atoms with Crippen molar-refractivity contribution in [3.8, 4) is 0 Å². The van der Waals surface area contributed by atoms with Crippen LogP contribution in [0.1, 0.15) is 9.67 Å². The van der Waals surface area contributed by atoms with E-state index in [0.29, 0.717) is 3.92 Å². The van der Waals surface area contributed by atoms with E-state index in [9.17, 15) is 9.18 Å². The lowest BCUT2D eigenvalue weighted by Gasteiger charge is -1.79. The summed E-state index contributed by atoms with van der Waals surface area (Å²) in [6.45, 7) is 0. The standard InChI is InChI=1S/C4BrClFNOS/c5-4-8-3(7)1(10-4)2(6)9. The number of rotatable bonds is 1.